The van der Waals surface area contributed by atoms with Gasteiger partial charge in [-0.2, -0.15) is 0 Å². The minimum absolute atomic E-state index is 0.597. The molecule has 0 spiro atoms. The van der Waals surface area contributed by atoms with E-state index in [0.717, 1.165) is 55.2 Å². The van der Waals surface area contributed by atoms with Crippen LogP contribution in [0.4, 0.5) is 0 Å². The van der Waals surface area contributed by atoms with Crippen molar-refractivity contribution in [1.82, 2.24) is 24.9 Å². The van der Waals surface area contributed by atoms with Crippen molar-refractivity contribution in [2.75, 3.05) is 0 Å². The number of furan rings is 1. The lowest BCUT2D eigenvalue weighted by molar-refractivity contribution is 0.654. The van der Waals surface area contributed by atoms with Gasteiger partial charge >= 0.3 is 0 Å². The van der Waals surface area contributed by atoms with Gasteiger partial charge in [0.15, 0.2) is 17.5 Å². The summed E-state index contributed by atoms with van der Waals surface area (Å²) in [6, 6.07) is 40.1. The van der Waals surface area contributed by atoms with Crippen LogP contribution in [0.1, 0.15) is 0 Å². The van der Waals surface area contributed by atoms with E-state index in [4.69, 9.17) is 29.3 Å². The highest BCUT2D eigenvalue weighted by Crippen LogP contribution is 2.33. The Morgan fingerprint density at radius 2 is 1.15 bits per heavy atom. The molecule has 192 valence electrons. The van der Waals surface area contributed by atoms with Crippen LogP contribution in [-0.2, 0) is 0 Å². The molecule has 0 aliphatic carbocycles. The van der Waals surface area contributed by atoms with Gasteiger partial charge in [0.05, 0.1) is 11.4 Å². The third-order valence-electron chi connectivity index (χ3n) is 7.21. The minimum atomic E-state index is 0.597. The first-order valence-electron chi connectivity index (χ1n) is 13.3. The van der Waals surface area contributed by atoms with Crippen molar-refractivity contribution in [1.29, 1.82) is 0 Å². The van der Waals surface area contributed by atoms with Crippen LogP contribution in [0.15, 0.2) is 132 Å². The summed E-state index contributed by atoms with van der Waals surface area (Å²) in [4.78, 5) is 24.2. The number of hydrogen-bond donors (Lipinski definition) is 0. The van der Waals surface area contributed by atoms with Crippen molar-refractivity contribution in [3.05, 3.63) is 128 Å². The van der Waals surface area contributed by atoms with Gasteiger partial charge in [-0.15, -0.1) is 0 Å². The van der Waals surface area contributed by atoms with Crippen LogP contribution < -0.4 is 0 Å². The molecular weight excluding hydrogens is 506 g/mol. The van der Waals surface area contributed by atoms with E-state index in [1.807, 2.05) is 121 Å². The molecule has 0 N–H and O–H groups in total. The summed E-state index contributed by atoms with van der Waals surface area (Å²) < 4.78 is 6.01. The van der Waals surface area contributed by atoms with E-state index >= 15 is 0 Å². The van der Waals surface area contributed by atoms with Crippen LogP contribution >= 0.6 is 0 Å². The maximum atomic E-state index is 6.01. The lowest BCUT2D eigenvalue weighted by atomic mass is 10.0. The lowest BCUT2D eigenvalue weighted by Gasteiger charge is -2.10. The van der Waals surface area contributed by atoms with E-state index in [2.05, 4.69) is 6.07 Å². The molecule has 4 aromatic heterocycles. The van der Waals surface area contributed by atoms with Gasteiger partial charge in [-0.1, -0.05) is 97.1 Å². The molecule has 4 aromatic carbocycles. The molecule has 0 bridgehead atoms. The van der Waals surface area contributed by atoms with Crippen molar-refractivity contribution in [2.24, 2.45) is 0 Å². The van der Waals surface area contributed by atoms with Crippen LogP contribution in [0.2, 0.25) is 0 Å². The highest BCUT2D eigenvalue weighted by atomic mass is 16.3. The van der Waals surface area contributed by atoms with Gasteiger partial charge in [0.2, 0.25) is 5.71 Å². The Labute approximate surface area is 235 Å². The summed E-state index contributed by atoms with van der Waals surface area (Å²) >= 11 is 0. The zero-order valence-electron chi connectivity index (χ0n) is 21.8. The van der Waals surface area contributed by atoms with E-state index < -0.39 is 0 Å². The molecule has 0 radical (unpaired) electrons. The fourth-order valence-corrected chi connectivity index (χ4v) is 5.18. The van der Waals surface area contributed by atoms with Crippen LogP contribution in [0.3, 0.4) is 0 Å². The third kappa shape index (κ3) is 4.10. The molecule has 8 rings (SSSR count). The SMILES string of the molecule is c1ccc(-c2nc(-c3ccccc3)nc(-c3cccc4cc(-c5ccc6c(n5)oc5ccccc56)ncc34)n2)cc1. The van der Waals surface area contributed by atoms with Crippen LogP contribution in [0.25, 0.3) is 78.4 Å². The molecule has 4 heterocycles. The second-order valence-corrected chi connectivity index (χ2v) is 9.78. The molecule has 0 aliphatic rings. The second kappa shape index (κ2) is 9.47. The number of aromatic nitrogens is 5. The largest absolute Gasteiger partial charge is 0.438 e. The zero-order chi connectivity index (χ0) is 27.2. The number of hydrogen-bond acceptors (Lipinski definition) is 6. The molecule has 0 saturated carbocycles. The summed E-state index contributed by atoms with van der Waals surface area (Å²) in [6.07, 6.45) is 1.87. The Bertz CT molecular complexity index is 2150. The minimum Gasteiger partial charge on any atom is -0.438 e. The lowest BCUT2D eigenvalue weighted by Crippen LogP contribution is -2.00. The molecule has 6 nitrogen and oxygen atoms in total. The van der Waals surface area contributed by atoms with Gasteiger partial charge in [-0.3, -0.25) is 4.98 Å². The Balaban J connectivity index is 1.26. The molecule has 8 aromatic rings. The fourth-order valence-electron chi connectivity index (χ4n) is 5.18. The summed E-state index contributed by atoms with van der Waals surface area (Å²) in [6.45, 7) is 0. The first-order valence-corrected chi connectivity index (χ1v) is 13.3. The summed E-state index contributed by atoms with van der Waals surface area (Å²) in [5.41, 5.74) is 5.70. The van der Waals surface area contributed by atoms with Crippen molar-refractivity contribution in [3.8, 4) is 45.6 Å². The number of pyridine rings is 2. The van der Waals surface area contributed by atoms with Crippen molar-refractivity contribution in [3.63, 3.8) is 0 Å². The average molecular weight is 528 g/mol. The van der Waals surface area contributed by atoms with Crippen LogP contribution in [0, 0.1) is 0 Å². The number of benzene rings is 4. The maximum absolute atomic E-state index is 6.01. The molecule has 0 amide bonds. The van der Waals surface area contributed by atoms with Gasteiger partial charge in [-0.25, -0.2) is 19.9 Å². The number of fused-ring (bicyclic) bond motifs is 4. The van der Waals surface area contributed by atoms with Crippen LogP contribution in [-0.4, -0.2) is 24.9 Å². The molecule has 0 fully saturated rings. The maximum Gasteiger partial charge on any atom is 0.227 e. The van der Waals surface area contributed by atoms with E-state index in [-0.39, 0.29) is 0 Å². The Morgan fingerprint density at radius 3 is 1.90 bits per heavy atom. The Hall–Kier alpha value is -5.75. The first kappa shape index (κ1) is 23.2. The highest BCUT2D eigenvalue weighted by Gasteiger charge is 2.16. The van der Waals surface area contributed by atoms with Crippen molar-refractivity contribution in [2.45, 2.75) is 0 Å². The number of rotatable bonds is 4. The summed E-state index contributed by atoms with van der Waals surface area (Å²) in [5, 5.41) is 4.01. The van der Waals surface area contributed by atoms with E-state index in [0.29, 0.717) is 23.2 Å². The number of nitrogens with zero attached hydrogens (tertiary/aromatic N) is 5. The molecule has 0 atom stereocenters. The first-order chi connectivity index (χ1) is 20.3. The van der Waals surface area contributed by atoms with Crippen molar-refractivity contribution < 1.29 is 4.42 Å². The molecule has 0 saturated heterocycles. The van der Waals surface area contributed by atoms with E-state index in [9.17, 15) is 0 Å². The third-order valence-corrected chi connectivity index (χ3v) is 7.21. The van der Waals surface area contributed by atoms with Gasteiger partial charge in [-0.05, 0) is 29.7 Å². The van der Waals surface area contributed by atoms with Gasteiger partial charge < -0.3 is 4.42 Å². The molecule has 6 heteroatoms. The normalized spacial score (nSPS) is 11.4. The summed E-state index contributed by atoms with van der Waals surface area (Å²) in [5.74, 6) is 1.85. The fraction of sp³-hybridized carbons (Fsp3) is 0. The molecule has 0 unspecified atom stereocenters. The Morgan fingerprint density at radius 1 is 0.463 bits per heavy atom. The highest BCUT2D eigenvalue weighted by molar-refractivity contribution is 6.04. The van der Waals surface area contributed by atoms with Gasteiger partial charge in [0.25, 0.3) is 0 Å². The standard InChI is InChI=1S/C35H21N5O/c1-3-10-22(11-4-1)32-38-33(23-12-5-2-6-13-23)40-34(39-32)26-16-9-14-24-20-30(36-21-28(24)26)29-19-18-27-25-15-7-8-17-31(25)41-35(27)37-29/h1-21H. The van der Waals surface area contributed by atoms with Gasteiger partial charge in [0, 0.05) is 39.0 Å². The van der Waals surface area contributed by atoms with E-state index in [1.165, 1.54) is 0 Å². The molecule has 0 aliphatic heterocycles. The molecule has 41 heavy (non-hydrogen) atoms. The monoisotopic (exact) mass is 527 g/mol. The molecular formula is C35H21N5O. The number of para-hydroxylation sites is 1. The predicted molar refractivity (Wildman–Crippen MR) is 162 cm³/mol. The van der Waals surface area contributed by atoms with Gasteiger partial charge in [0.1, 0.15) is 5.58 Å². The Kier molecular flexibility index (Phi) is 5.35. The smallest absolute Gasteiger partial charge is 0.227 e. The quantitative estimate of drug-likeness (QED) is 0.229. The second-order valence-electron chi connectivity index (χ2n) is 9.78. The van der Waals surface area contributed by atoms with Crippen LogP contribution in [0.5, 0.6) is 0 Å². The van der Waals surface area contributed by atoms with Crippen molar-refractivity contribution >= 4 is 32.8 Å². The average Bonchev–Trinajstić information content (AvgIpc) is 3.43. The van der Waals surface area contributed by atoms with E-state index in [1.54, 1.807) is 0 Å². The topological polar surface area (TPSA) is 77.6 Å². The summed E-state index contributed by atoms with van der Waals surface area (Å²) in [7, 11) is 0. The predicted octanol–water partition coefficient (Wildman–Crippen LogP) is 8.38. The zero-order valence-corrected chi connectivity index (χ0v) is 21.8.